The van der Waals surface area contributed by atoms with Gasteiger partial charge in [0.2, 0.25) is 0 Å². The van der Waals surface area contributed by atoms with Crippen LogP contribution in [0, 0.1) is 10.1 Å². The van der Waals surface area contributed by atoms with E-state index in [4.69, 9.17) is 16.0 Å². The zero-order valence-electron chi connectivity index (χ0n) is 10.6. The van der Waals surface area contributed by atoms with Gasteiger partial charge >= 0.3 is 5.69 Å². The second-order valence-corrected chi connectivity index (χ2v) is 4.59. The number of amides is 1. The summed E-state index contributed by atoms with van der Waals surface area (Å²) in [5, 5.41) is 11.0. The Labute approximate surface area is 119 Å². The molecule has 7 heteroatoms. The summed E-state index contributed by atoms with van der Waals surface area (Å²) in [5.74, 6) is -0.472. The Morgan fingerprint density at radius 2 is 2.20 bits per heavy atom. The Bertz CT molecular complexity index is 640. The Morgan fingerprint density at radius 3 is 2.80 bits per heavy atom. The minimum atomic E-state index is -0.652. The van der Waals surface area contributed by atoms with E-state index < -0.39 is 10.8 Å². The Balaban J connectivity index is 2.29. The molecule has 6 nitrogen and oxygen atoms in total. The fourth-order valence-corrected chi connectivity index (χ4v) is 2.05. The number of para-hydroxylation sites is 1. The molecular formula is C13H11ClN2O4. The van der Waals surface area contributed by atoms with E-state index in [2.05, 4.69) is 0 Å². The molecule has 0 aliphatic rings. The third-order valence-corrected chi connectivity index (χ3v) is 3.05. The van der Waals surface area contributed by atoms with Gasteiger partial charge in [0.05, 0.1) is 17.4 Å². The van der Waals surface area contributed by atoms with Crippen LogP contribution in [0.15, 0.2) is 41.2 Å². The summed E-state index contributed by atoms with van der Waals surface area (Å²) in [7, 11) is 1.56. The topological polar surface area (TPSA) is 76.6 Å². The summed E-state index contributed by atoms with van der Waals surface area (Å²) in [6, 6.07) is 6.00. The zero-order chi connectivity index (χ0) is 14.7. The van der Waals surface area contributed by atoms with Crippen LogP contribution in [-0.2, 0) is 6.54 Å². The van der Waals surface area contributed by atoms with Crippen molar-refractivity contribution >= 4 is 23.2 Å². The zero-order valence-corrected chi connectivity index (χ0v) is 11.3. The molecule has 1 amide bonds. The number of carbonyl (C=O) groups excluding carboxylic acids is 1. The fraction of sp³-hybridized carbons (Fsp3) is 0.154. The number of nitro groups is 1. The van der Waals surface area contributed by atoms with Crippen LogP contribution in [0.2, 0.25) is 5.02 Å². The second-order valence-electron chi connectivity index (χ2n) is 4.19. The van der Waals surface area contributed by atoms with Gasteiger partial charge in [0.1, 0.15) is 10.6 Å². The SMILES string of the molecule is CN(Cc1ccoc1)C(=O)c1cccc(Cl)c1[N+](=O)[O-]. The normalized spacial score (nSPS) is 10.3. The maximum Gasteiger partial charge on any atom is 0.300 e. The number of hydrogen-bond acceptors (Lipinski definition) is 4. The third kappa shape index (κ3) is 2.80. The predicted molar refractivity (Wildman–Crippen MR) is 72.6 cm³/mol. The molecule has 0 bridgehead atoms. The highest BCUT2D eigenvalue weighted by molar-refractivity contribution is 6.33. The second kappa shape index (κ2) is 5.75. The lowest BCUT2D eigenvalue weighted by molar-refractivity contribution is -0.385. The maximum absolute atomic E-state index is 12.3. The minimum Gasteiger partial charge on any atom is -0.472 e. The van der Waals surface area contributed by atoms with Crippen molar-refractivity contribution in [1.29, 1.82) is 0 Å². The van der Waals surface area contributed by atoms with E-state index in [1.54, 1.807) is 13.1 Å². The van der Waals surface area contributed by atoms with Crippen molar-refractivity contribution in [3.8, 4) is 0 Å². The average molecular weight is 295 g/mol. The van der Waals surface area contributed by atoms with Crippen molar-refractivity contribution in [3.63, 3.8) is 0 Å². The van der Waals surface area contributed by atoms with Crippen molar-refractivity contribution in [2.45, 2.75) is 6.54 Å². The van der Waals surface area contributed by atoms with Crippen LogP contribution < -0.4 is 0 Å². The number of halogens is 1. The van der Waals surface area contributed by atoms with E-state index in [9.17, 15) is 14.9 Å². The molecule has 0 fully saturated rings. The number of nitro benzene ring substituents is 1. The van der Waals surface area contributed by atoms with Gasteiger partial charge < -0.3 is 9.32 Å². The van der Waals surface area contributed by atoms with Crippen molar-refractivity contribution < 1.29 is 14.1 Å². The van der Waals surface area contributed by atoms with Gasteiger partial charge in [-0.3, -0.25) is 14.9 Å². The van der Waals surface area contributed by atoms with Crippen molar-refractivity contribution in [2.75, 3.05) is 7.05 Å². The molecule has 0 radical (unpaired) electrons. The van der Waals surface area contributed by atoms with E-state index in [1.165, 1.54) is 35.6 Å². The Morgan fingerprint density at radius 1 is 1.45 bits per heavy atom. The number of nitrogens with zero attached hydrogens (tertiary/aromatic N) is 2. The summed E-state index contributed by atoms with van der Waals surface area (Å²) >= 11 is 5.79. The molecule has 2 rings (SSSR count). The highest BCUT2D eigenvalue weighted by Crippen LogP contribution is 2.29. The molecule has 0 saturated heterocycles. The largest absolute Gasteiger partial charge is 0.472 e. The third-order valence-electron chi connectivity index (χ3n) is 2.75. The molecular weight excluding hydrogens is 284 g/mol. The molecule has 0 saturated carbocycles. The monoisotopic (exact) mass is 294 g/mol. The van der Waals surface area contributed by atoms with E-state index >= 15 is 0 Å². The van der Waals surface area contributed by atoms with Crippen molar-refractivity contribution in [1.82, 2.24) is 4.90 Å². The van der Waals surface area contributed by atoms with Crippen LogP contribution in [0.4, 0.5) is 5.69 Å². The van der Waals surface area contributed by atoms with Crippen LogP contribution in [0.3, 0.4) is 0 Å². The molecule has 104 valence electrons. The molecule has 2 aromatic rings. The average Bonchev–Trinajstić information content (AvgIpc) is 2.89. The maximum atomic E-state index is 12.3. The number of hydrogen-bond donors (Lipinski definition) is 0. The molecule has 20 heavy (non-hydrogen) atoms. The first-order valence-electron chi connectivity index (χ1n) is 5.70. The van der Waals surface area contributed by atoms with Gasteiger partial charge in [-0.25, -0.2) is 0 Å². The molecule has 0 aliphatic carbocycles. The van der Waals surface area contributed by atoms with Crippen molar-refractivity contribution in [3.05, 3.63) is 63.1 Å². The number of furan rings is 1. The Kier molecular flexibility index (Phi) is 4.05. The first-order chi connectivity index (χ1) is 9.50. The highest BCUT2D eigenvalue weighted by Gasteiger charge is 2.25. The lowest BCUT2D eigenvalue weighted by atomic mass is 10.1. The van der Waals surface area contributed by atoms with Gasteiger partial charge in [0.15, 0.2) is 0 Å². The van der Waals surface area contributed by atoms with Gasteiger partial charge in [-0.1, -0.05) is 17.7 Å². The summed E-state index contributed by atoms with van der Waals surface area (Å²) in [5.41, 5.74) is 0.386. The van der Waals surface area contributed by atoms with E-state index in [1.807, 2.05) is 0 Å². The quantitative estimate of drug-likeness (QED) is 0.641. The fourth-order valence-electron chi connectivity index (χ4n) is 1.81. The molecule has 0 unspecified atom stereocenters. The molecule has 0 aliphatic heterocycles. The predicted octanol–water partition coefficient (Wildman–Crippen LogP) is 3.11. The van der Waals surface area contributed by atoms with Crippen LogP contribution in [0.5, 0.6) is 0 Å². The molecule has 1 aromatic carbocycles. The lowest BCUT2D eigenvalue weighted by Gasteiger charge is -2.16. The minimum absolute atomic E-state index is 0.0338. The van der Waals surface area contributed by atoms with Crippen molar-refractivity contribution in [2.24, 2.45) is 0 Å². The Hall–Kier alpha value is -2.34. The lowest BCUT2D eigenvalue weighted by Crippen LogP contribution is -2.26. The summed E-state index contributed by atoms with van der Waals surface area (Å²) in [4.78, 5) is 24.0. The summed E-state index contributed by atoms with van der Waals surface area (Å²) < 4.78 is 4.91. The van der Waals surface area contributed by atoms with Crippen LogP contribution in [-0.4, -0.2) is 22.8 Å². The first kappa shape index (κ1) is 14.1. The summed E-state index contributed by atoms with van der Waals surface area (Å²) in [6.45, 7) is 0.291. The van der Waals surface area contributed by atoms with Gasteiger partial charge in [0, 0.05) is 19.2 Å². The number of carbonyl (C=O) groups is 1. The smallest absolute Gasteiger partial charge is 0.300 e. The van der Waals surface area contributed by atoms with E-state index in [0.717, 1.165) is 5.56 Å². The van der Waals surface area contributed by atoms with Crippen LogP contribution >= 0.6 is 11.6 Å². The van der Waals surface area contributed by atoms with Gasteiger partial charge in [-0.15, -0.1) is 0 Å². The standard InChI is InChI=1S/C13H11ClN2O4/c1-15(7-9-5-6-20-8-9)13(17)10-3-2-4-11(14)12(10)16(18)19/h2-6,8H,7H2,1H3. The first-order valence-corrected chi connectivity index (χ1v) is 6.08. The molecule has 1 heterocycles. The van der Waals surface area contributed by atoms with Gasteiger partial charge in [-0.2, -0.15) is 0 Å². The van der Waals surface area contributed by atoms with Gasteiger partial charge in [0.25, 0.3) is 5.91 Å². The number of benzene rings is 1. The molecule has 1 aromatic heterocycles. The summed E-state index contributed by atoms with van der Waals surface area (Å²) in [6.07, 6.45) is 3.01. The number of rotatable bonds is 4. The van der Waals surface area contributed by atoms with Crippen LogP contribution in [0.25, 0.3) is 0 Å². The van der Waals surface area contributed by atoms with E-state index in [-0.39, 0.29) is 16.3 Å². The van der Waals surface area contributed by atoms with Crippen LogP contribution in [0.1, 0.15) is 15.9 Å². The van der Waals surface area contributed by atoms with E-state index in [0.29, 0.717) is 6.54 Å². The molecule has 0 spiro atoms. The van der Waals surface area contributed by atoms with Gasteiger partial charge in [-0.05, 0) is 18.2 Å². The molecule has 0 atom stereocenters. The highest BCUT2D eigenvalue weighted by atomic mass is 35.5. The molecule has 0 N–H and O–H groups in total.